The molecule has 2 aliphatic heterocycles. The lowest BCUT2D eigenvalue weighted by Crippen LogP contribution is -2.48. The van der Waals surface area contributed by atoms with Crippen LogP contribution in [0.25, 0.3) is 0 Å². The second kappa shape index (κ2) is 4.58. The van der Waals surface area contributed by atoms with Crippen molar-refractivity contribution in [1.82, 2.24) is 5.32 Å². The van der Waals surface area contributed by atoms with E-state index in [0.29, 0.717) is 4.90 Å². The summed E-state index contributed by atoms with van der Waals surface area (Å²) in [6.07, 6.45) is 1.84. The van der Waals surface area contributed by atoms with Crippen molar-refractivity contribution in [2.24, 2.45) is 0 Å². The normalized spacial score (nSPS) is 27.9. The van der Waals surface area contributed by atoms with E-state index in [4.69, 9.17) is 4.74 Å². The largest absolute Gasteiger partial charge is 0.381 e. The minimum atomic E-state index is -3.13. The van der Waals surface area contributed by atoms with Crippen LogP contribution in [0.5, 0.6) is 0 Å². The van der Waals surface area contributed by atoms with Crippen LogP contribution in [-0.4, -0.2) is 32.9 Å². The van der Waals surface area contributed by atoms with E-state index in [1.807, 2.05) is 12.1 Å². The molecular weight excluding hydrogens is 262 g/mol. The third-order valence-corrected chi connectivity index (χ3v) is 5.95. The number of hydrogen-bond donors (Lipinski definition) is 1. The van der Waals surface area contributed by atoms with E-state index in [0.717, 1.165) is 31.6 Å². The van der Waals surface area contributed by atoms with Crippen LogP contribution in [-0.2, 0) is 14.6 Å². The van der Waals surface area contributed by atoms with Crippen LogP contribution in [0.2, 0.25) is 0 Å². The first-order valence-electron chi connectivity index (χ1n) is 6.67. The van der Waals surface area contributed by atoms with Gasteiger partial charge in [-0.3, -0.25) is 0 Å². The Kier molecular flexibility index (Phi) is 3.15. The molecule has 0 spiro atoms. The summed E-state index contributed by atoms with van der Waals surface area (Å²) in [5.74, 6) is 0.169. The first kappa shape index (κ1) is 13.1. The molecule has 1 saturated heterocycles. The van der Waals surface area contributed by atoms with Crippen molar-refractivity contribution in [3.8, 4) is 0 Å². The molecule has 0 aliphatic carbocycles. The SMILES string of the molecule is CC1(NC2CS(=O)(=O)c3ccccc32)CCOCC1. The van der Waals surface area contributed by atoms with Gasteiger partial charge < -0.3 is 10.1 Å². The predicted molar refractivity (Wildman–Crippen MR) is 72.8 cm³/mol. The minimum absolute atomic E-state index is 0.0319. The van der Waals surface area contributed by atoms with Crippen LogP contribution in [0.3, 0.4) is 0 Å². The molecule has 1 atom stereocenters. The molecule has 19 heavy (non-hydrogen) atoms. The van der Waals surface area contributed by atoms with Gasteiger partial charge in [-0.25, -0.2) is 8.42 Å². The van der Waals surface area contributed by atoms with Gasteiger partial charge in [0.1, 0.15) is 0 Å². The summed E-state index contributed by atoms with van der Waals surface area (Å²) in [5.41, 5.74) is 0.880. The molecule has 1 unspecified atom stereocenters. The summed E-state index contributed by atoms with van der Waals surface area (Å²) in [6, 6.07) is 7.22. The first-order chi connectivity index (χ1) is 9.00. The van der Waals surface area contributed by atoms with Crippen LogP contribution in [0, 0.1) is 0 Å². The molecule has 2 aliphatic rings. The van der Waals surface area contributed by atoms with Crippen LogP contribution in [0.4, 0.5) is 0 Å². The smallest absolute Gasteiger partial charge is 0.180 e. The van der Waals surface area contributed by atoms with Gasteiger partial charge >= 0.3 is 0 Å². The first-order valence-corrected chi connectivity index (χ1v) is 8.33. The highest BCUT2D eigenvalue weighted by Gasteiger charge is 2.38. The molecule has 104 valence electrons. The number of ether oxygens (including phenoxy) is 1. The standard InChI is InChI=1S/C14H19NO3S/c1-14(6-8-18-9-7-14)15-12-10-19(16,17)13-5-3-2-4-11(12)13/h2-5,12,15H,6-10H2,1H3. The van der Waals surface area contributed by atoms with Crippen LogP contribution in [0.15, 0.2) is 29.2 Å². The van der Waals surface area contributed by atoms with Crippen molar-refractivity contribution >= 4 is 9.84 Å². The number of fused-ring (bicyclic) bond motifs is 1. The van der Waals surface area contributed by atoms with E-state index in [1.165, 1.54) is 0 Å². The molecule has 3 rings (SSSR count). The zero-order valence-corrected chi connectivity index (χ0v) is 11.9. The highest BCUT2D eigenvalue weighted by Crippen LogP contribution is 2.35. The highest BCUT2D eigenvalue weighted by molar-refractivity contribution is 7.91. The summed E-state index contributed by atoms with van der Waals surface area (Å²) in [4.78, 5) is 0.489. The Morgan fingerprint density at radius 2 is 1.95 bits per heavy atom. The Morgan fingerprint density at radius 1 is 1.26 bits per heavy atom. The molecule has 1 N–H and O–H groups in total. The average Bonchev–Trinajstić information content (AvgIpc) is 2.62. The third-order valence-electron chi connectivity index (χ3n) is 4.13. The fourth-order valence-corrected chi connectivity index (χ4v) is 4.69. The number of hydrogen-bond acceptors (Lipinski definition) is 4. The average molecular weight is 281 g/mol. The molecule has 1 aromatic carbocycles. The zero-order valence-electron chi connectivity index (χ0n) is 11.1. The van der Waals surface area contributed by atoms with Gasteiger partial charge in [-0.1, -0.05) is 18.2 Å². The van der Waals surface area contributed by atoms with Gasteiger partial charge in [0.05, 0.1) is 10.6 Å². The van der Waals surface area contributed by atoms with Crippen LogP contribution >= 0.6 is 0 Å². The third kappa shape index (κ3) is 2.42. The van der Waals surface area contributed by atoms with E-state index in [9.17, 15) is 8.42 Å². The Bertz CT molecular complexity index is 576. The summed E-state index contributed by atoms with van der Waals surface area (Å²) < 4.78 is 29.7. The molecule has 0 saturated carbocycles. The van der Waals surface area contributed by atoms with E-state index in [2.05, 4.69) is 12.2 Å². The number of rotatable bonds is 2. The van der Waals surface area contributed by atoms with Gasteiger partial charge in [-0.2, -0.15) is 0 Å². The molecule has 5 heteroatoms. The van der Waals surface area contributed by atoms with Gasteiger partial charge in [0, 0.05) is 24.8 Å². The van der Waals surface area contributed by atoms with Crippen molar-refractivity contribution in [2.75, 3.05) is 19.0 Å². The topological polar surface area (TPSA) is 55.4 Å². The molecule has 0 radical (unpaired) electrons. The maximum absolute atomic E-state index is 12.1. The lowest BCUT2D eigenvalue weighted by molar-refractivity contribution is 0.0415. The van der Waals surface area contributed by atoms with Gasteiger partial charge in [-0.15, -0.1) is 0 Å². The fraction of sp³-hybridized carbons (Fsp3) is 0.571. The summed E-state index contributed by atoms with van der Waals surface area (Å²) in [5, 5.41) is 3.55. The molecule has 4 nitrogen and oxygen atoms in total. The van der Waals surface area contributed by atoms with E-state index in [-0.39, 0.29) is 17.3 Å². The molecule has 0 amide bonds. The van der Waals surface area contributed by atoms with E-state index < -0.39 is 9.84 Å². The molecule has 1 aromatic rings. The Hall–Kier alpha value is -0.910. The van der Waals surface area contributed by atoms with Gasteiger partial charge in [0.2, 0.25) is 0 Å². The summed E-state index contributed by atoms with van der Waals surface area (Å²) in [6.45, 7) is 3.64. The van der Waals surface area contributed by atoms with E-state index in [1.54, 1.807) is 12.1 Å². The van der Waals surface area contributed by atoms with Crippen molar-refractivity contribution < 1.29 is 13.2 Å². The molecule has 0 bridgehead atoms. The zero-order chi connectivity index (χ0) is 13.5. The monoisotopic (exact) mass is 281 g/mol. The Labute approximate surface area is 114 Å². The van der Waals surface area contributed by atoms with Gasteiger partial charge in [-0.05, 0) is 31.4 Å². The number of sulfone groups is 1. The Balaban J connectivity index is 1.88. The van der Waals surface area contributed by atoms with Crippen molar-refractivity contribution in [3.05, 3.63) is 29.8 Å². The fourth-order valence-electron chi connectivity index (χ4n) is 2.96. The minimum Gasteiger partial charge on any atom is -0.381 e. The van der Waals surface area contributed by atoms with Gasteiger partial charge in [0.25, 0.3) is 0 Å². The second-order valence-corrected chi connectivity index (χ2v) is 7.69. The predicted octanol–water partition coefficient (Wildman–Crippen LogP) is 1.67. The van der Waals surface area contributed by atoms with Crippen molar-refractivity contribution in [2.45, 2.75) is 36.2 Å². The van der Waals surface area contributed by atoms with E-state index >= 15 is 0 Å². The quantitative estimate of drug-likeness (QED) is 0.896. The number of nitrogens with one attached hydrogen (secondary N) is 1. The van der Waals surface area contributed by atoms with Crippen LogP contribution < -0.4 is 5.32 Å². The van der Waals surface area contributed by atoms with Gasteiger partial charge in [0.15, 0.2) is 9.84 Å². The molecule has 0 aromatic heterocycles. The maximum Gasteiger partial charge on any atom is 0.180 e. The lowest BCUT2D eigenvalue weighted by atomic mass is 9.90. The summed E-state index contributed by atoms with van der Waals surface area (Å²) >= 11 is 0. The maximum atomic E-state index is 12.1. The summed E-state index contributed by atoms with van der Waals surface area (Å²) in [7, 11) is -3.13. The van der Waals surface area contributed by atoms with Crippen LogP contribution in [0.1, 0.15) is 31.4 Å². The Morgan fingerprint density at radius 3 is 2.68 bits per heavy atom. The lowest BCUT2D eigenvalue weighted by Gasteiger charge is -2.37. The number of benzene rings is 1. The van der Waals surface area contributed by atoms with Crippen molar-refractivity contribution in [3.63, 3.8) is 0 Å². The molecule has 2 heterocycles. The molecular formula is C14H19NO3S. The highest BCUT2D eigenvalue weighted by atomic mass is 32.2. The molecule has 1 fully saturated rings. The second-order valence-electron chi connectivity index (χ2n) is 5.69. The van der Waals surface area contributed by atoms with Crippen molar-refractivity contribution in [1.29, 1.82) is 0 Å².